The lowest BCUT2D eigenvalue weighted by molar-refractivity contribution is -0.138. The first kappa shape index (κ1) is 14.5. The number of aryl methyl sites for hydroxylation is 1. The quantitative estimate of drug-likeness (QED) is 0.840. The number of ether oxygens (including phenoxy) is 1. The molecule has 100 valence electrons. The van der Waals surface area contributed by atoms with Crippen LogP contribution in [0.3, 0.4) is 0 Å². The number of nitrogens with one attached hydrogen (secondary N) is 1. The van der Waals surface area contributed by atoms with Gasteiger partial charge in [-0.05, 0) is 50.1 Å². The third-order valence-electron chi connectivity index (χ3n) is 3.35. The molecule has 1 unspecified atom stereocenters. The van der Waals surface area contributed by atoms with E-state index in [0.717, 1.165) is 28.0 Å². The molecule has 0 aliphatic heterocycles. The van der Waals surface area contributed by atoms with E-state index < -0.39 is 11.9 Å². The first-order chi connectivity index (χ1) is 8.43. The Kier molecular flexibility index (Phi) is 4.73. The molecule has 0 saturated carbocycles. The molecule has 2 N–H and O–H groups in total. The van der Waals surface area contributed by atoms with Crippen LogP contribution in [0.1, 0.15) is 28.2 Å². The fourth-order valence-corrected chi connectivity index (χ4v) is 2.30. The Labute approximate surface area is 108 Å². The molecule has 1 rings (SSSR count). The Morgan fingerprint density at radius 1 is 1.39 bits per heavy atom. The number of likely N-dealkylation sites (N-methyl/N-ethyl adjacent to an activating group) is 1. The molecule has 0 spiro atoms. The van der Waals surface area contributed by atoms with Gasteiger partial charge in [0.25, 0.3) is 0 Å². The van der Waals surface area contributed by atoms with Crippen LogP contribution in [-0.2, 0) is 4.79 Å². The lowest BCUT2D eigenvalue weighted by Crippen LogP contribution is -2.25. The Morgan fingerprint density at radius 2 is 2.00 bits per heavy atom. The maximum atomic E-state index is 11.3. The van der Waals surface area contributed by atoms with Crippen molar-refractivity contribution in [2.24, 2.45) is 0 Å². The lowest BCUT2D eigenvalue weighted by atomic mass is 9.89. The van der Waals surface area contributed by atoms with Crippen LogP contribution in [0.2, 0.25) is 0 Å². The van der Waals surface area contributed by atoms with E-state index in [1.54, 1.807) is 14.2 Å². The van der Waals surface area contributed by atoms with E-state index in [9.17, 15) is 9.90 Å². The molecule has 0 bridgehead atoms. The number of benzene rings is 1. The first-order valence-electron chi connectivity index (χ1n) is 5.96. The van der Waals surface area contributed by atoms with Crippen molar-refractivity contribution in [3.8, 4) is 5.75 Å². The van der Waals surface area contributed by atoms with Gasteiger partial charge in [0.1, 0.15) is 5.75 Å². The van der Waals surface area contributed by atoms with E-state index >= 15 is 0 Å². The predicted octanol–water partition coefficient (Wildman–Crippen LogP) is 2.01. The van der Waals surface area contributed by atoms with Gasteiger partial charge in [0.2, 0.25) is 0 Å². The number of hydrogen-bond acceptors (Lipinski definition) is 3. The maximum Gasteiger partial charge on any atom is 0.312 e. The molecule has 1 aromatic rings. The van der Waals surface area contributed by atoms with Crippen molar-refractivity contribution < 1.29 is 14.6 Å². The van der Waals surface area contributed by atoms with Gasteiger partial charge in [0, 0.05) is 6.54 Å². The zero-order chi connectivity index (χ0) is 13.9. The number of carboxylic acids is 1. The molecule has 0 aliphatic carbocycles. The van der Waals surface area contributed by atoms with E-state index in [2.05, 4.69) is 5.32 Å². The highest BCUT2D eigenvalue weighted by atomic mass is 16.5. The van der Waals surface area contributed by atoms with E-state index in [1.165, 1.54) is 0 Å². The minimum Gasteiger partial charge on any atom is -0.496 e. The topological polar surface area (TPSA) is 58.6 Å². The molecule has 1 atom stereocenters. The molecule has 0 saturated heterocycles. The highest BCUT2D eigenvalue weighted by molar-refractivity contribution is 5.77. The predicted molar refractivity (Wildman–Crippen MR) is 71.5 cm³/mol. The summed E-state index contributed by atoms with van der Waals surface area (Å²) in [7, 11) is 3.39. The van der Waals surface area contributed by atoms with Crippen molar-refractivity contribution in [1.29, 1.82) is 0 Å². The number of carboxylic acid groups (broad SMARTS) is 1. The summed E-state index contributed by atoms with van der Waals surface area (Å²) in [4.78, 5) is 11.3. The van der Waals surface area contributed by atoms with Gasteiger partial charge in [-0.3, -0.25) is 4.79 Å². The molecule has 0 heterocycles. The first-order valence-corrected chi connectivity index (χ1v) is 5.96. The fourth-order valence-electron chi connectivity index (χ4n) is 2.30. The van der Waals surface area contributed by atoms with Crippen molar-refractivity contribution in [3.63, 3.8) is 0 Å². The van der Waals surface area contributed by atoms with E-state index in [-0.39, 0.29) is 0 Å². The summed E-state index contributed by atoms with van der Waals surface area (Å²) in [6.07, 6.45) is 0. The second-order valence-corrected chi connectivity index (χ2v) is 4.51. The van der Waals surface area contributed by atoms with Gasteiger partial charge < -0.3 is 15.2 Å². The average Bonchev–Trinajstić information content (AvgIpc) is 2.31. The molecule has 0 aromatic heterocycles. The SMILES string of the molecule is CNCC(C(=O)O)c1cc(C)c(OC)c(C)c1C. The van der Waals surface area contributed by atoms with Crippen LogP contribution >= 0.6 is 0 Å². The largest absolute Gasteiger partial charge is 0.496 e. The molecule has 0 amide bonds. The number of hydrogen-bond donors (Lipinski definition) is 2. The van der Waals surface area contributed by atoms with Crippen LogP contribution in [0.15, 0.2) is 6.07 Å². The highest BCUT2D eigenvalue weighted by Crippen LogP contribution is 2.32. The zero-order valence-electron chi connectivity index (χ0n) is 11.6. The summed E-state index contributed by atoms with van der Waals surface area (Å²) < 4.78 is 5.35. The second kappa shape index (κ2) is 5.87. The summed E-state index contributed by atoms with van der Waals surface area (Å²) >= 11 is 0. The Morgan fingerprint density at radius 3 is 2.44 bits per heavy atom. The molecule has 0 fully saturated rings. The molecule has 4 heteroatoms. The van der Waals surface area contributed by atoms with E-state index in [1.807, 2.05) is 26.8 Å². The molecule has 18 heavy (non-hydrogen) atoms. The second-order valence-electron chi connectivity index (χ2n) is 4.51. The monoisotopic (exact) mass is 251 g/mol. The Bertz CT molecular complexity index is 455. The number of carbonyl (C=O) groups is 1. The van der Waals surface area contributed by atoms with Gasteiger partial charge in [-0.2, -0.15) is 0 Å². The molecular formula is C14H21NO3. The summed E-state index contributed by atoms with van der Waals surface area (Å²) in [5.74, 6) is -0.500. The minimum absolute atomic E-state index is 0.418. The van der Waals surface area contributed by atoms with Crippen LogP contribution < -0.4 is 10.1 Å². The highest BCUT2D eigenvalue weighted by Gasteiger charge is 2.23. The normalized spacial score (nSPS) is 12.3. The van der Waals surface area contributed by atoms with Gasteiger partial charge in [0.05, 0.1) is 13.0 Å². The summed E-state index contributed by atoms with van der Waals surface area (Å²) in [5, 5.41) is 12.2. The number of methoxy groups -OCH3 is 1. The van der Waals surface area contributed by atoms with Gasteiger partial charge >= 0.3 is 5.97 Å². The standard InChI is InChI=1S/C14H21NO3/c1-8-6-11(12(7-15-4)14(16)17)9(2)10(3)13(8)18-5/h6,12,15H,7H2,1-5H3,(H,16,17). The van der Waals surface area contributed by atoms with Crippen LogP contribution in [0.5, 0.6) is 5.75 Å². The van der Waals surface area contributed by atoms with Crippen LogP contribution in [0, 0.1) is 20.8 Å². The average molecular weight is 251 g/mol. The number of aliphatic carboxylic acids is 1. The van der Waals surface area contributed by atoms with Crippen molar-refractivity contribution in [2.75, 3.05) is 20.7 Å². The van der Waals surface area contributed by atoms with E-state index in [4.69, 9.17) is 4.74 Å². The van der Waals surface area contributed by atoms with Gasteiger partial charge in [-0.25, -0.2) is 0 Å². The van der Waals surface area contributed by atoms with Gasteiger partial charge in [-0.1, -0.05) is 6.07 Å². The van der Waals surface area contributed by atoms with Gasteiger partial charge in [0.15, 0.2) is 0 Å². The number of rotatable bonds is 5. The third kappa shape index (κ3) is 2.64. The summed E-state index contributed by atoms with van der Waals surface area (Å²) in [5.41, 5.74) is 3.82. The fraction of sp³-hybridized carbons (Fsp3) is 0.500. The lowest BCUT2D eigenvalue weighted by Gasteiger charge is -2.20. The van der Waals surface area contributed by atoms with Crippen molar-refractivity contribution in [2.45, 2.75) is 26.7 Å². The van der Waals surface area contributed by atoms with Crippen LogP contribution in [0.25, 0.3) is 0 Å². The minimum atomic E-state index is -0.809. The van der Waals surface area contributed by atoms with E-state index in [0.29, 0.717) is 6.54 Å². The molecule has 4 nitrogen and oxygen atoms in total. The smallest absolute Gasteiger partial charge is 0.312 e. The summed E-state index contributed by atoms with van der Waals surface area (Å²) in [6.45, 7) is 6.26. The molecule has 0 radical (unpaired) electrons. The third-order valence-corrected chi connectivity index (χ3v) is 3.35. The van der Waals surface area contributed by atoms with Crippen LogP contribution in [-0.4, -0.2) is 31.8 Å². The van der Waals surface area contributed by atoms with Crippen molar-refractivity contribution in [3.05, 3.63) is 28.3 Å². The maximum absolute atomic E-state index is 11.3. The Balaban J connectivity index is 3.36. The summed E-state index contributed by atoms with van der Waals surface area (Å²) in [6, 6.07) is 1.91. The van der Waals surface area contributed by atoms with Crippen molar-refractivity contribution >= 4 is 5.97 Å². The van der Waals surface area contributed by atoms with Crippen molar-refractivity contribution in [1.82, 2.24) is 5.32 Å². The molecule has 0 aliphatic rings. The van der Waals surface area contributed by atoms with Crippen LogP contribution in [0.4, 0.5) is 0 Å². The zero-order valence-corrected chi connectivity index (χ0v) is 11.6. The molecule has 1 aromatic carbocycles. The molecular weight excluding hydrogens is 230 g/mol. The van der Waals surface area contributed by atoms with Gasteiger partial charge in [-0.15, -0.1) is 0 Å². The Hall–Kier alpha value is -1.55.